The van der Waals surface area contributed by atoms with E-state index in [2.05, 4.69) is 5.32 Å². The predicted octanol–water partition coefficient (Wildman–Crippen LogP) is 1.01. The van der Waals surface area contributed by atoms with Gasteiger partial charge in [-0.05, 0) is 18.1 Å². The second-order valence-electron chi connectivity index (χ2n) is 5.69. The first-order chi connectivity index (χ1) is 11.1. The second-order valence-corrected chi connectivity index (χ2v) is 5.69. The molecule has 2 aliphatic rings. The number of aliphatic carboxylic acids is 1. The molecule has 2 aliphatic heterocycles. The van der Waals surface area contributed by atoms with E-state index in [1.165, 1.54) is 0 Å². The summed E-state index contributed by atoms with van der Waals surface area (Å²) >= 11 is 0. The van der Waals surface area contributed by atoms with Gasteiger partial charge in [-0.3, -0.25) is 9.59 Å². The Kier molecular flexibility index (Phi) is 4.34. The van der Waals surface area contributed by atoms with Gasteiger partial charge < -0.3 is 19.9 Å². The van der Waals surface area contributed by atoms with E-state index in [9.17, 15) is 14.7 Å². The van der Waals surface area contributed by atoms with Crippen molar-refractivity contribution < 1.29 is 24.2 Å². The number of hydrogen-bond acceptors (Lipinski definition) is 4. The van der Waals surface area contributed by atoms with E-state index >= 15 is 0 Å². The molecule has 1 fully saturated rings. The molecule has 1 aromatic carbocycles. The predicted molar refractivity (Wildman–Crippen MR) is 82.1 cm³/mol. The molecule has 6 heteroatoms. The number of carbonyl (C=O) groups is 2. The summed E-state index contributed by atoms with van der Waals surface area (Å²) in [5, 5.41) is 12.1. The molecule has 0 radical (unpaired) electrons. The fourth-order valence-electron chi connectivity index (χ4n) is 3.26. The summed E-state index contributed by atoms with van der Waals surface area (Å²) < 4.78 is 10.8. The molecule has 0 aliphatic carbocycles. The molecule has 2 heterocycles. The van der Waals surface area contributed by atoms with Gasteiger partial charge in [0.1, 0.15) is 11.7 Å². The topological polar surface area (TPSA) is 84.9 Å². The highest BCUT2D eigenvalue weighted by Crippen LogP contribution is 2.39. The molecule has 1 amide bonds. The first kappa shape index (κ1) is 15.6. The standard InChI is InChI=1S/C17H19NO5/c1-22-11-5-3-2-4-10(11)8-9-18-16(19)14-12-6-7-13(23-12)15(14)17(20)21/h2-7,12-15H,8-9H2,1H3,(H,18,19)(H,20,21). The van der Waals surface area contributed by atoms with Gasteiger partial charge in [0.25, 0.3) is 0 Å². The number of carboxylic acids is 1. The summed E-state index contributed by atoms with van der Waals surface area (Å²) in [4.78, 5) is 23.7. The van der Waals surface area contributed by atoms with Crippen LogP contribution in [0.4, 0.5) is 0 Å². The summed E-state index contributed by atoms with van der Waals surface area (Å²) in [6, 6.07) is 7.60. The van der Waals surface area contributed by atoms with Crippen LogP contribution >= 0.6 is 0 Å². The lowest BCUT2D eigenvalue weighted by Gasteiger charge is -2.21. The fourth-order valence-corrected chi connectivity index (χ4v) is 3.26. The second kappa shape index (κ2) is 6.42. The Bertz CT molecular complexity index is 642. The molecular weight excluding hydrogens is 298 g/mol. The lowest BCUT2D eigenvalue weighted by molar-refractivity contribution is -0.146. The SMILES string of the molecule is COc1ccccc1CCNC(=O)C1C2C=CC(O2)C1C(=O)O. The third kappa shape index (κ3) is 2.94. The zero-order valence-corrected chi connectivity index (χ0v) is 12.8. The lowest BCUT2D eigenvalue weighted by atomic mass is 9.82. The van der Waals surface area contributed by atoms with Crippen molar-refractivity contribution >= 4 is 11.9 Å². The van der Waals surface area contributed by atoms with E-state index in [1.807, 2.05) is 24.3 Å². The molecule has 23 heavy (non-hydrogen) atoms. The minimum atomic E-state index is -0.994. The summed E-state index contributed by atoms with van der Waals surface area (Å²) in [5.41, 5.74) is 0.995. The van der Waals surface area contributed by atoms with Crippen molar-refractivity contribution in [2.24, 2.45) is 11.8 Å². The molecule has 1 aromatic rings. The van der Waals surface area contributed by atoms with Crippen molar-refractivity contribution in [2.75, 3.05) is 13.7 Å². The van der Waals surface area contributed by atoms with E-state index in [4.69, 9.17) is 9.47 Å². The summed E-state index contributed by atoms with van der Waals surface area (Å²) in [7, 11) is 1.60. The van der Waals surface area contributed by atoms with Crippen LogP contribution in [0.25, 0.3) is 0 Å². The maximum Gasteiger partial charge on any atom is 0.310 e. The van der Waals surface area contributed by atoms with Gasteiger partial charge in [0.05, 0.1) is 25.2 Å². The number of amides is 1. The maximum absolute atomic E-state index is 12.4. The van der Waals surface area contributed by atoms with Crippen LogP contribution in [0.3, 0.4) is 0 Å². The average Bonchev–Trinajstić information content (AvgIpc) is 3.16. The van der Waals surface area contributed by atoms with Gasteiger partial charge in [-0.1, -0.05) is 30.4 Å². The number of carboxylic acid groups (broad SMARTS) is 1. The first-order valence-electron chi connectivity index (χ1n) is 7.58. The van der Waals surface area contributed by atoms with Crippen LogP contribution < -0.4 is 10.1 Å². The van der Waals surface area contributed by atoms with Gasteiger partial charge in [-0.15, -0.1) is 0 Å². The largest absolute Gasteiger partial charge is 0.496 e. The molecule has 4 unspecified atom stereocenters. The van der Waals surface area contributed by atoms with E-state index in [0.29, 0.717) is 13.0 Å². The molecule has 122 valence electrons. The van der Waals surface area contributed by atoms with Crippen molar-refractivity contribution in [1.29, 1.82) is 0 Å². The molecule has 6 nitrogen and oxygen atoms in total. The molecule has 3 rings (SSSR count). The highest BCUT2D eigenvalue weighted by atomic mass is 16.5. The zero-order chi connectivity index (χ0) is 16.4. The zero-order valence-electron chi connectivity index (χ0n) is 12.8. The Morgan fingerprint density at radius 2 is 1.91 bits per heavy atom. The van der Waals surface area contributed by atoms with Crippen molar-refractivity contribution in [3.05, 3.63) is 42.0 Å². The molecule has 4 atom stereocenters. The highest BCUT2D eigenvalue weighted by molar-refractivity contribution is 5.87. The van der Waals surface area contributed by atoms with E-state index in [-0.39, 0.29) is 5.91 Å². The van der Waals surface area contributed by atoms with Gasteiger partial charge in [-0.2, -0.15) is 0 Å². The number of fused-ring (bicyclic) bond motifs is 2. The summed E-state index contributed by atoms with van der Waals surface area (Å²) in [5.74, 6) is -1.97. The third-order valence-electron chi connectivity index (χ3n) is 4.37. The Labute approximate surface area is 134 Å². The van der Waals surface area contributed by atoms with Crippen LogP contribution in [0.15, 0.2) is 36.4 Å². The molecule has 0 spiro atoms. The Balaban J connectivity index is 1.59. The molecular formula is C17H19NO5. The van der Waals surface area contributed by atoms with Gasteiger partial charge in [0.15, 0.2) is 0 Å². The van der Waals surface area contributed by atoms with Gasteiger partial charge in [0.2, 0.25) is 5.91 Å². The average molecular weight is 317 g/mol. The maximum atomic E-state index is 12.4. The van der Waals surface area contributed by atoms with E-state index < -0.39 is 30.0 Å². The lowest BCUT2D eigenvalue weighted by Crippen LogP contribution is -2.43. The van der Waals surface area contributed by atoms with E-state index in [0.717, 1.165) is 11.3 Å². The summed E-state index contributed by atoms with van der Waals surface area (Å²) in [6.45, 7) is 0.420. The van der Waals surface area contributed by atoms with Gasteiger partial charge >= 0.3 is 5.97 Å². The van der Waals surface area contributed by atoms with Crippen molar-refractivity contribution in [3.8, 4) is 5.75 Å². The number of benzene rings is 1. The van der Waals surface area contributed by atoms with Crippen LogP contribution in [0.1, 0.15) is 5.56 Å². The van der Waals surface area contributed by atoms with Crippen LogP contribution in [-0.4, -0.2) is 42.8 Å². The van der Waals surface area contributed by atoms with Crippen LogP contribution in [0.5, 0.6) is 5.75 Å². The Hall–Kier alpha value is -2.34. The van der Waals surface area contributed by atoms with Crippen molar-refractivity contribution in [1.82, 2.24) is 5.32 Å². The minimum absolute atomic E-state index is 0.274. The number of carbonyl (C=O) groups excluding carboxylic acids is 1. The number of rotatable bonds is 6. The molecule has 0 aromatic heterocycles. The quantitative estimate of drug-likeness (QED) is 0.765. The number of methoxy groups -OCH3 is 1. The van der Waals surface area contributed by atoms with Gasteiger partial charge in [0, 0.05) is 6.54 Å². The Morgan fingerprint density at radius 3 is 2.61 bits per heavy atom. The molecule has 2 bridgehead atoms. The molecule has 0 saturated carbocycles. The fraction of sp³-hybridized carbons (Fsp3) is 0.412. The smallest absolute Gasteiger partial charge is 0.310 e. The first-order valence-corrected chi connectivity index (χ1v) is 7.58. The van der Waals surface area contributed by atoms with Crippen molar-refractivity contribution in [3.63, 3.8) is 0 Å². The molecule has 1 saturated heterocycles. The van der Waals surface area contributed by atoms with Crippen LogP contribution in [0, 0.1) is 11.8 Å². The number of para-hydroxylation sites is 1. The normalized spacial score (nSPS) is 27.9. The molecule has 2 N–H and O–H groups in total. The van der Waals surface area contributed by atoms with Gasteiger partial charge in [-0.25, -0.2) is 0 Å². The Morgan fingerprint density at radius 1 is 1.22 bits per heavy atom. The number of hydrogen-bond donors (Lipinski definition) is 2. The third-order valence-corrected chi connectivity index (χ3v) is 4.37. The highest BCUT2D eigenvalue weighted by Gasteiger charge is 2.53. The van der Waals surface area contributed by atoms with Crippen LogP contribution in [-0.2, 0) is 20.7 Å². The number of ether oxygens (including phenoxy) is 2. The number of nitrogens with one attached hydrogen (secondary N) is 1. The van der Waals surface area contributed by atoms with E-state index in [1.54, 1.807) is 19.3 Å². The minimum Gasteiger partial charge on any atom is -0.496 e. The van der Waals surface area contributed by atoms with Crippen LogP contribution in [0.2, 0.25) is 0 Å². The summed E-state index contributed by atoms with van der Waals surface area (Å²) in [6.07, 6.45) is 3.18. The monoisotopic (exact) mass is 317 g/mol. The van der Waals surface area contributed by atoms with Crippen molar-refractivity contribution in [2.45, 2.75) is 18.6 Å².